The second-order valence-corrected chi connectivity index (χ2v) is 8.35. The Balaban J connectivity index is 1.59. The number of rotatable bonds is 6. The topological polar surface area (TPSA) is 84.0 Å². The van der Waals surface area contributed by atoms with E-state index in [2.05, 4.69) is 32.7 Å². The predicted octanol–water partition coefficient (Wildman–Crippen LogP) is 2.04. The van der Waals surface area contributed by atoms with Gasteiger partial charge in [-0.25, -0.2) is 13.4 Å². The molecule has 7 heteroatoms. The van der Waals surface area contributed by atoms with Crippen molar-refractivity contribution in [3.05, 3.63) is 47.7 Å². The number of nitrogens with zero attached hydrogens (tertiary/aromatic N) is 2. The molecule has 0 bridgehead atoms. The van der Waals surface area contributed by atoms with Crippen LogP contribution in [-0.4, -0.2) is 42.5 Å². The van der Waals surface area contributed by atoms with E-state index in [0.717, 1.165) is 18.7 Å². The van der Waals surface area contributed by atoms with Crippen molar-refractivity contribution < 1.29 is 8.42 Å². The summed E-state index contributed by atoms with van der Waals surface area (Å²) in [6.07, 6.45) is 1.52. The average Bonchev–Trinajstić information content (AvgIpc) is 2.86. The summed E-state index contributed by atoms with van der Waals surface area (Å²) in [5, 5.41) is 6.45. The maximum Gasteiger partial charge on any atom is 0.224 e. The second-order valence-electron chi connectivity index (χ2n) is 6.12. The molecule has 1 aromatic heterocycles. The fourth-order valence-electron chi connectivity index (χ4n) is 2.80. The third kappa shape index (κ3) is 4.67. The molecule has 24 heavy (non-hydrogen) atoms. The fourth-order valence-corrected chi connectivity index (χ4v) is 4.48. The SMILES string of the molecule is Cc1cc(NC2CCS(=O)(=O)C2)nc(NCCc2ccccc2)n1. The van der Waals surface area contributed by atoms with Gasteiger partial charge in [0.25, 0.3) is 0 Å². The van der Waals surface area contributed by atoms with Crippen LogP contribution < -0.4 is 10.6 Å². The van der Waals surface area contributed by atoms with Gasteiger partial charge < -0.3 is 10.6 Å². The van der Waals surface area contributed by atoms with Gasteiger partial charge in [0.1, 0.15) is 5.82 Å². The zero-order valence-corrected chi connectivity index (χ0v) is 14.5. The number of hydrogen-bond acceptors (Lipinski definition) is 6. The van der Waals surface area contributed by atoms with E-state index in [0.29, 0.717) is 18.2 Å². The Morgan fingerprint density at radius 2 is 2.00 bits per heavy atom. The van der Waals surface area contributed by atoms with Crippen molar-refractivity contribution in [3.63, 3.8) is 0 Å². The molecular weight excluding hydrogens is 324 g/mol. The van der Waals surface area contributed by atoms with E-state index in [1.807, 2.05) is 31.2 Å². The molecule has 2 heterocycles. The number of hydrogen-bond donors (Lipinski definition) is 2. The molecule has 0 amide bonds. The first kappa shape index (κ1) is 16.7. The van der Waals surface area contributed by atoms with E-state index in [1.54, 1.807) is 0 Å². The highest BCUT2D eigenvalue weighted by Crippen LogP contribution is 2.17. The zero-order chi connectivity index (χ0) is 17.0. The van der Waals surface area contributed by atoms with Crippen LogP contribution in [0.15, 0.2) is 36.4 Å². The van der Waals surface area contributed by atoms with Gasteiger partial charge in [0.2, 0.25) is 5.95 Å². The maximum atomic E-state index is 11.6. The fraction of sp³-hybridized carbons (Fsp3) is 0.412. The molecular formula is C17H22N4O2S. The number of anilines is 2. The number of aromatic nitrogens is 2. The Bertz CT molecular complexity index is 793. The number of sulfone groups is 1. The van der Waals surface area contributed by atoms with Crippen LogP contribution in [-0.2, 0) is 16.3 Å². The molecule has 1 aromatic carbocycles. The van der Waals surface area contributed by atoms with Crippen LogP contribution in [0.1, 0.15) is 17.7 Å². The Hall–Kier alpha value is -2.15. The molecule has 1 aliphatic heterocycles. The van der Waals surface area contributed by atoms with E-state index in [-0.39, 0.29) is 17.5 Å². The van der Waals surface area contributed by atoms with E-state index in [4.69, 9.17) is 0 Å². The second kappa shape index (κ2) is 7.17. The highest BCUT2D eigenvalue weighted by molar-refractivity contribution is 7.91. The highest BCUT2D eigenvalue weighted by Gasteiger charge is 2.28. The summed E-state index contributed by atoms with van der Waals surface area (Å²) in [7, 11) is -2.90. The molecule has 2 N–H and O–H groups in total. The first-order valence-corrected chi connectivity index (χ1v) is 9.93. The van der Waals surface area contributed by atoms with E-state index < -0.39 is 9.84 Å². The van der Waals surface area contributed by atoms with Gasteiger partial charge >= 0.3 is 0 Å². The minimum Gasteiger partial charge on any atom is -0.366 e. The average molecular weight is 346 g/mol. The third-order valence-corrected chi connectivity index (χ3v) is 5.75. The first-order chi connectivity index (χ1) is 11.5. The van der Waals surface area contributed by atoms with Crippen LogP contribution in [0.4, 0.5) is 11.8 Å². The third-order valence-electron chi connectivity index (χ3n) is 3.98. The minimum atomic E-state index is -2.90. The summed E-state index contributed by atoms with van der Waals surface area (Å²) < 4.78 is 23.1. The van der Waals surface area contributed by atoms with Crippen LogP contribution in [0, 0.1) is 6.92 Å². The molecule has 1 saturated heterocycles. The van der Waals surface area contributed by atoms with Crippen molar-refractivity contribution in [2.24, 2.45) is 0 Å². The Morgan fingerprint density at radius 1 is 1.21 bits per heavy atom. The van der Waals surface area contributed by atoms with Gasteiger partial charge in [-0.1, -0.05) is 30.3 Å². The minimum absolute atomic E-state index is 0.0681. The predicted molar refractivity (Wildman–Crippen MR) is 96.1 cm³/mol. The standard InChI is InChI=1S/C17H22N4O2S/c1-13-11-16(20-15-8-10-24(22,23)12-15)21-17(19-13)18-9-7-14-5-3-2-4-6-14/h2-6,11,15H,7-10,12H2,1H3,(H2,18,19,20,21). The molecule has 6 nitrogen and oxygen atoms in total. The van der Waals surface area contributed by atoms with Crippen molar-refractivity contribution in [1.29, 1.82) is 0 Å². The van der Waals surface area contributed by atoms with Crippen LogP contribution >= 0.6 is 0 Å². The molecule has 1 fully saturated rings. The first-order valence-electron chi connectivity index (χ1n) is 8.11. The lowest BCUT2D eigenvalue weighted by atomic mass is 10.1. The summed E-state index contributed by atoms with van der Waals surface area (Å²) in [4.78, 5) is 8.84. The Labute approximate surface area is 142 Å². The molecule has 1 unspecified atom stereocenters. The van der Waals surface area contributed by atoms with Crippen molar-refractivity contribution in [2.75, 3.05) is 28.7 Å². The Kier molecular flexibility index (Phi) is 4.99. The number of aryl methyl sites for hydroxylation is 1. The quantitative estimate of drug-likeness (QED) is 0.833. The molecule has 0 saturated carbocycles. The van der Waals surface area contributed by atoms with Crippen LogP contribution in [0.25, 0.3) is 0 Å². The molecule has 1 atom stereocenters. The molecule has 128 valence electrons. The lowest BCUT2D eigenvalue weighted by Crippen LogP contribution is -2.22. The van der Waals surface area contributed by atoms with Gasteiger partial charge in [-0.3, -0.25) is 0 Å². The van der Waals surface area contributed by atoms with Gasteiger partial charge in [-0.05, 0) is 25.3 Å². The van der Waals surface area contributed by atoms with E-state index >= 15 is 0 Å². The lowest BCUT2D eigenvalue weighted by molar-refractivity contribution is 0.602. The van der Waals surface area contributed by atoms with Crippen LogP contribution in [0.5, 0.6) is 0 Å². The van der Waals surface area contributed by atoms with Gasteiger partial charge in [0.15, 0.2) is 9.84 Å². The molecule has 2 aromatic rings. The van der Waals surface area contributed by atoms with E-state index in [1.165, 1.54) is 5.56 Å². The zero-order valence-electron chi connectivity index (χ0n) is 13.7. The largest absolute Gasteiger partial charge is 0.366 e. The van der Waals surface area contributed by atoms with Crippen molar-refractivity contribution in [3.8, 4) is 0 Å². The summed E-state index contributed by atoms with van der Waals surface area (Å²) in [6.45, 7) is 2.64. The smallest absolute Gasteiger partial charge is 0.224 e. The number of benzene rings is 1. The Morgan fingerprint density at radius 3 is 2.71 bits per heavy atom. The summed E-state index contributed by atoms with van der Waals surface area (Å²) in [5.74, 6) is 1.66. The van der Waals surface area contributed by atoms with Crippen molar-refractivity contribution in [1.82, 2.24) is 9.97 Å². The van der Waals surface area contributed by atoms with Gasteiger partial charge in [0, 0.05) is 24.3 Å². The summed E-state index contributed by atoms with van der Waals surface area (Å²) >= 11 is 0. The molecule has 3 rings (SSSR count). The van der Waals surface area contributed by atoms with Crippen molar-refractivity contribution >= 4 is 21.6 Å². The molecule has 0 spiro atoms. The van der Waals surface area contributed by atoms with Crippen LogP contribution in [0.3, 0.4) is 0 Å². The maximum absolute atomic E-state index is 11.6. The lowest BCUT2D eigenvalue weighted by Gasteiger charge is -2.13. The molecule has 1 aliphatic rings. The summed E-state index contributed by atoms with van der Waals surface area (Å²) in [5.41, 5.74) is 2.10. The molecule has 0 aliphatic carbocycles. The molecule has 0 radical (unpaired) electrons. The normalized spacial score (nSPS) is 19.1. The van der Waals surface area contributed by atoms with Gasteiger partial charge in [-0.2, -0.15) is 4.98 Å². The summed E-state index contributed by atoms with van der Waals surface area (Å²) in [6, 6.07) is 12.0. The van der Waals surface area contributed by atoms with Gasteiger partial charge in [-0.15, -0.1) is 0 Å². The monoisotopic (exact) mass is 346 g/mol. The number of nitrogens with one attached hydrogen (secondary N) is 2. The van der Waals surface area contributed by atoms with Crippen LogP contribution in [0.2, 0.25) is 0 Å². The van der Waals surface area contributed by atoms with Gasteiger partial charge in [0.05, 0.1) is 11.5 Å². The van der Waals surface area contributed by atoms with Crippen molar-refractivity contribution in [2.45, 2.75) is 25.8 Å². The highest BCUT2D eigenvalue weighted by atomic mass is 32.2. The van der Waals surface area contributed by atoms with E-state index in [9.17, 15) is 8.42 Å².